The molecule has 5 nitrogen and oxygen atoms in total. The Hall–Kier alpha value is -2.99. The fourth-order valence-corrected chi connectivity index (χ4v) is 4.13. The Morgan fingerprint density at radius 2 is 1.83 bits per heavy atom. The van der Waals surface area contributed by atoms with Crippen LogP contribution < -0.4 is 14.8 Å². The van der Waals surface area contributed by atoms with E-state index in [-0.39, 0.29) is 6.04 Å². The zero-order chi connectivity index (χ0) is 20.4. The number of benzene rings is 2. The number of methoxy groups -OCH3 is 2. The molecule has 0 saturated carbocycles. The highest BCUT2D eigenvalue weighted by atomic mass is 32.1. The topological polar surface area (TPSA) is 38.7 Å². The zero-order valence-corrected chi connectivity index (χ0v) is 17.7. The van der Waals surface area contributed by atoms with Crippen LogP contribution in [0, 0.1) is 6.92 Å². The third kappa shape index (κ3) is 3.80. The number of rotatable bonds is 4. The van der Waals surface area contributed by atoms with Crippen molar-refractivity contribution in [2.45, 2.75) is 19.5 Å². The summed E-state index contributed by atoms with van der Waals surface area (Å²) in [4.78, 5) is 2.22. The van der Waals surface area contributed by atoms with Crippen molar-refractivity contribution >= 4 is 23.0 Å². The van der Waals surface area contributed by atoms with Crippen LogP contribution in [-0.4, -0.2) is 35.3 Å². The summed E-state index contributed by atoms with van der Waals surface area (Å²) in [6, 6.07) is 18.3. The van der Waals surface area contributed by atoms with Gasteiger partial charge in [-0.25, -0.2) is 0 Å². The van der Waals surface area contributed by atoms with Crippen molar-refractivity contribution in [2.24, 2.45) is 0 Å². The van der Waals surface area contributed by atoms with Crippen LogP contribution in [0.5, 0.6) is 11.5 Å². The fraction of sp³-hybridized carbons (Fsp3) is 0.261. The fourth-order valence-electron chi connectivity index (χ4n) is 3.81. The van der Waals surface area contributed by atoms with Crippen LogP contribution in [-0.2, 0) is 6.54 Å². The molecule has 0 saturated heterocycles. The lowest BCUT2D eigenvalue weighted by Gasteiger charge is -2.39. The van der Waals surface area contributed by atoms with Gasteiger partial charge in [-0.3, -0.25) is 0 Å². The normalized spacial score (nSPS) is 15.6. The zero-order valence-electron chi connectivity index (χ0n) is 16.9. The lowest BCUT2D eigenvalue weighted by molar-refractivity contribution is 0.284. The van der Waals surface area contributed by atoms with E-state index in [0.717, 1.165) is 35.8 Å². The molecule has 0 fully saturated rings. The third-order valence-electron chi connectivity index (χ3n) is 5.33. The van der Waals surface area contributed by atoms with Crippen LogP contribution >= 0.6 is 12.2 Å². The predicted octanol–water partition coefficient (Wildman–Crippen LogP) is 4.62. The molecule has 0 bridgehead atoms. The SMILES string of the molecule is COc1ccc(OC)c([C@@H]2c3cccn3CCN2C(=S)Nc2ccc(C)cc2)c1. The molecule has 1 atom stereocenters. The van der Waals surface area contributed by atoms with Crippen LogP contribution in [0.25, 0.3) is 0 Å². The lowest BCUT2D eigenvalue weighted by atomic mass is 9.99. The maximum absolute atomic E-state index is 5.84. The van der Waals surface area contributed by atoms with E-state index in [0.29, 0.717) is 5.11 Å². The second kappa shape index (κ2) is 8.17. The quantitative estimate of drug-likeness (QED) is 0.639. The Morgan fingerprint density at radius 3 is 2.55 bits per heavy atom. The summed E-state index contributed by atoms with van der Waals surface area (Å²) in [5.41, 5.74) is 4.41. The molecule has 0 unspecified atom stereocenters. The minimum absolute atomic E-state index is 0.0748. The molecule has 1 N–H and O–H groups in total. The molecule has 1 aliphatic heterocycles. The number of aromatic nitrogens is 1. The number of aryl methyl sites for hydroxylation is 1. The van der Waals surface area contributed by atoms with Crippen molar-refractivity contribution in [1.29, 1.82) is 0 Å². The number of thiocarbonyl (C=S) groups is 1. The molecule has 29 heavy (non-hydrogen) atoms. The maximum atomic E-state index is 5.84. The summed E-state index contributed by atoms with van der Waals surface area (Å²) in [6.45, 7) is 3.75. The Labute approximate surface area is 176 Å². The number of nitrogens with zero attached hydrogens (tertiary/aromatic N) is 2. The van der Waals surface area contributed by atoms with Gasteiger partial charge in [0.15, 0.2) is 5.11 Å². The van der Waals surface area contributed by atoms with Crippen LogP contribution in [0.3, 0.4) is 0 Å². The molecule has 0 radical (unpaired) electrons. The molecule has 2 heterocycles. The van der Waals surface area contributed by atoms with E-state index < -0.39 is 0 Å². The number of fused-ring (bicyclic) bond motifs is 1. The highest BCUT2D eigenvalue weighted by molar-refractivity contribution is 7.80. The average molecular weight is 408 g/mol. The van der Waals surface area contributed by atoms with Gasteiger partial charge in [0.2, 0.25) is 0 Å². The monoisotopic (exact) mass is 407 g/mol. The number of ether oxygens (including phenoxy) is 2. The second-order valence-corrected chi connectivity index (χ2v) is 7.51. The molecular formula is C23H25N3O2S. The van der Waals surface area contributed by atoms with Gasteiger partial charge in [0.25, 0.3) is 0 Å². The number of anilines is 1. The largest absolute Gasteiger partial charge is 0.497 e. The van der Waals surface area contributed by atoms with E-state index in [1.165, 1.54) is 11.3 Å². The molecule has 3 aromatic rings. The first-order chi connectivity index (χ1) is 14.1. The molecule has 150 valence electrons. The first-order valence-electron chi connectivity index (χ1n) is 9.62. The van der Waals surface area contributed by atoms with Gasteiger partial charge in [-0.2, -0.15) is 0 Å². The van der Waals surface area contributed by atoms with E-state index >= 15 is 0 Å². The van der Waals surface area contributed by atoms with Crippen LogP contribution in [0.15, 0.2) is 60.8 Å². The highest BCUT2D eigenvalue weighted by Crippen LogP contribution is 2.39. The van der Waals surface area contributed by atoms with E-state index in [2.05, 4.69) is 64.3 Å². The van der Waals surface area contributed by atoms with Crippen LogP contribution in [0.1, 0.15) is 22.9 Å². The molecule has 4 rings (SSSR count). The summed E-state index contributed by atoms with van der Waals surface area (Å²) in [5, 5.41) is 4.09. The minimum Gasteiger partial charge on any atom is -0.497 e. The van der Waals surface area contributed by atoms with Gasteiger partial charge in [0.05, 0.1) is 14.2 Å². The van der Waals surface area contributed by atoms with Gasteiger partial charge < -0.3 is 24.3 Å². The Morgan fingerprint density at radius 1 is 1.03 bits per heavy atom. The van der Waals surface area contributed by atoms with Gasteiger partial charge in [0.1, 0.15) is 17.5 Å². The smallest absolute Gasteiger partial charge is 0.174 e. The summed E-state index contributed by atoms with van der Waals surface area (Å²) < 4.78 is 13.5. The Kier molecular flexibility index (Phi) is 5.45. The van der Waals surface area contributed by atoms with Crippen molar-refractivity contribution in [3.8, 4) is 11.5 Å². The van der Waals surface area contributed by atoms with Crippen molar-refractivity contribution in [1.82, 2.24) is 9.47 Å². The molecule has 2 aromatic carbocycles. The Bertz CT molecular complexity index is 1010. The van der Waals surface area contributed by atoms with Crippen molar-refractivity contribution in [3.63, 3.8) is 0 Å². The molecule has 6 heteroatoms. The standard InChI is InChI=1S/C23H25N3O2S/c1-16-6-8-17(9-7-16)24-23(29)26-14-13-25-12-4-5-20(25)22(26)19-15-18(27-2)10-11-21(19)28-3/h4-12,15,22H,13-14H2,1-3H3,(H,24,29)/t22-/m1/s1. The maximum Gasteiger partial charge on any atom is 0.174 e. The summed E-state index contributed by atoms with van der Waals surface area (Å²) >= 11 is 5.84. The van der Waals surface area contributed by atoms with Crippen molar-refractivity contribution in [2.75, 3.05) is 26.1 Å². The first kappa shape index (κ1) is 19.3. The molecule has 0 amide bonds. The van der Waals surface area contributed by atoms with Crippen molar-refractivity contribution < 1.29 is 9.47 Å². The van der Waals surface area contributed by atoms with Gasteiger partial charge in [-0.05, 0) is 61.6 Å². The first-order valence-corrected chi connectivity index (χ1v) is 10.0. The summed E-state index contributed by atoms with van der Waals surface area (Å²) in [7, 11) is 3.37. The van der Waals surface area contributed by atoms with Crippen LogP contribution in [0.4, 0.5) is 5.69 Å². The third-order valence-corrected chi connectivity index (χ3v) is 5.67. The number of hydrogen-bond donors (Lipinski definition) is 1. The van der Waals surface area contributed by atoms with Gasteiger partial charge in [0, 0.05) is 36.2 Å². The van der Waals surface area contributed by atoms with E-state index in [9.17, 15) is 0 Å². The molecular weight excluding hydrogens is 382 g/mol. The summed E-state index contributed by atoms with van der Waals surface area (Å²) in [6.07, 6.45) is 2.11. The van der Waals surface area contributed by atoms with Gasteiger partial charge >= 0.3 is 0 Å². The van der Waals surface area contributed by atoms with Gasteiger partial charge in [-0.15, -0.1) is 0 Å². The number of hydrogen-bond acceptors (Lipinski definition) is 3. The minimum atomic E-state index is -0.0748. The van der Waals surface area contributed by atoms with E-state index in [1.807, 2.05) is 18.2 Å². The second-order valence-electron chi connectivity index (χ2n) is 7.13. The molecule has 1 aliphatic rings. The molecule has 0 spiro atoms. The van der Waals surface area contributed by atoms with E-state index in [1.54, 1.807) is 14.2 Å². The Balaban J connectivity index is 1.73. The predicted molar refractivity (Wildman–Crippen MR) is 120 cm³/mol. The summed E-state index contributed by atoms with van der Waals surface area (Å²) in [5.74, 6) is 1.61. The number of nitrogens with one attached hydrogen (secondary N) is 1. The molecule has 0 aliphatic carbocycles. The van der Waals surface area contributed by atoms with Gasteiger partial charge in [-0.1, -0.05) is 17.7 Å². The van der Waals surface area contributed by atoms with E-state index in [4.69, 9.17) is 21.7 Å². The molecule has 1 aromatic heterocycles. The average Bonchev–Trinajstić information content (AvgIpc) is 3.23. The highest BCUT2D eigenvalue weighted by Gasteiger charge is 2.33. The van der Waals surface area contributed by atoms with Crippen LogP contribution in [0.2, 0.25) is 0 Å². The van der Waals surface area contributed by atoms with Crippen molar-refractivity contribution in [3.05, 3.63) is 77.6 Å². The lowest BCUT2D eigenvalue weighted by Crippen LogP contribution is -2.44.